The van der Waals surface area contributed by atoms with Gasteiger partial charge in [-0.25, -0.2) is 4.39 Å². The maximum absolute atomic E-state index is 13.2. The Bertz CT molecular complexity index is 664. The lowest BCUT2D eigenvalue weighted by atomic mass is 10.2. The normalized spacial score (nSPS) is 10.3. The molecule has 2 aromatic carbocycles. The Morgan fingerprint density at radius 1 is 1.25 bits per heavy atom. The summed E-state index contributed by atoms with van der Waals surface area (Å²) in [5, 5.41) is 11.1. The van der Waals surface area contributed by atoms with Crippen LogP contribution in [0.3, 0.4) is 0 Å². The lowest BCUT2D eigenvalue weighted by Gasteiger charge is -2.09. The molecule has 5 nitrogen and oxygen atoms in total. The van der Waals surface area contributed by atoms with Crippen LogP contribution >= 0.6 is 11.6 Å². The Morgan fingerprint density at radius 3 is 2.60 bits per heavy atom. The summed E-state index contributed by atoms with van der Waals surface area (Å²) in [4.78, 5) is 10.2. The Hall–Kier alpha value is -2.18. The monoisotopic (exact) mass is 296 g/mol. The highest BCUT2D eigenvalue weighted by Gasteiger charge is 2.17. The first-order valence-corrected chi connectivity index (χ1v) is 5.99. The molecule has 0 atom stereocenters. The zero-order valence-corrected chi connectivity index (χ0v) is 10.9. The minimum Gasteiger partial charge on any atom is -0.448 e. The van der Waals surface area contributed by atoms with Crippen molar-refractivity contribution in [2.75, 3.05) is 0 Å². The van der Waals surface area contributed by atoms with E-state index in [1.807, 2.05) is 0 Å². The van der Waals surface area contributed by atoms with Crippen LogP contribution in [0.15, 0.2) is 36.4 Å². The molecular weight excluding hydrogens is 287 g/mol. The fourth-order valence-corrected chi connectivity index (χ4v) is 1.83. The molecule has 0 aliphatic rings. The molecule has 0 saturated carbocycles. The SMILES string of the molecule is NCc1ccc(Oc2cc(F)ccc2[N+](=O)[O-])c(Cl)c1. The van der Waals surface area contributed by atoms with E-state index < -0.39 is 10.7 Å². The van der Waals surface area contributed by atoms with Crippen molar-refractivity contribution in [3.05, 3.63) is 62.9 Å². The number of ether oxygens (including phenoxy) is 1. The van der Waals surface area contributed by atoms with Gasteiger partial charge >= 0.3 is 5.69 Å². The van der Waals surface area contributed by atoms with Gasteiger partial charge < -0.3 is 10.5 Å². The molecule has 2 rings (SSSR count). The van der Waals surface area contributed by atoms with Gasteiger partial charge in [0.25, 0.3) is 0 Å². The molecule has 7 heteroatoms. The van der Waals surface area contributed by atoms with Crippen molar-refractivity contribution >= 4 is 17.3 Å². The van der Waals surface area contributed by atoms with Crippen molar-refractivity contribution in [3.63, 3.8) is 0 Å². The predicted octanol–water partition coefficient (Wildman–Crippen LogP) is 3.64. The van der Waals surface area contributed by atoms with E-state index in [-0.39, 0.29) is 22.2 Å². The third-order valence-electron chi connectivity index (χ3n) is 2.57. The molecule has 0 fully saturated rings. The van der Waals surface area contributed by atoms with E-state index in [1.165, 1.54) is 6.07 Å². The van der Waals surface area contributed by atoms with E-state index >= 15 is 0 Å². The molecular formula is C13H10ClFN2O3. The Labute approximate surface area is 118 Å². The Morgan fingerprint density at radius 2 is 2.00 bits per heavy atom. The molecule has 0 radical (unpaired) electrons. The lowest BCUT2D eigenvalue weighted by molar-refractivity contribution is -0.385. The second kappa shape index (κ2) is 5.85. The largest absolute Gasteiger partial charge is 0.448 e. The standard InChI is InChI=1S/C13H10ClFN2O3/c14-10-5-8(7-16)1-4-12(10)20-13-6-9(15)2-3-11(13)17(18)19/h1-6H,7,16H2. The predicted molar refractivity (Wildman–Crippen MR) is 72.5 cm³/mol. The van der Waals surface area contributed by atoms with Crippen LogP contribution in [0.4, 0.5) is 10.1 Å². The number of nitro groups is 1. The molecule has 20 heavy (non-hydrogen) atoms. The van der Waals surface area contributed by atoms with Gasteiger partial charge in [0.2, 0.25) is 5.75 Å². The number of benzene rings is 2. The fraction of sp³-hybridized carbons (Fsp3) is 0.0769. The van der Waals surface area contributed by atoms with E-state index in [9.17, 15) is 14.5 Å². The van der Waals surface area contributed by atoms with Crippen LogP contribution in [0, 0.1) is 15.9 Å². The van der Waals surface area contributed by atoms with Gasteiger partial charge in [-0.3, -0.25) is 10.1 Å². The molecule has 0 bridgehead atoms. The van der Waals surface area contributed by atoms with Crippen molar-refractivity contribution in [2.45, 2.75) is 6.54 Å². The summed E-state index contributed by atoms with van der Waals surface area (Å²) < 4.78 is 18.5. The molecule has 0 aliphatic heterocycles. The first-order valence-electron chi connectivity index (χ1n) is 5.61. The highest BCUT2D eigenvalue weighted by atomic mass is 35.5. The van der Waals surface area contributed by atoms with Gasteiger partial charge in [-0.2, -0.15) is 0 Å². The molecule has 0 heterocycles. The van der Waals surface area contributed by atoms with Crippen LogP contribution in [0.2, 0.25) is 5.02 Å². The van der Waals surface area contributed by atoms with E-state index in [2.05, 4.69) is 0 Å². The molecule has 0 spiro atoms. The van der Waals surface area contributed by atoms with Crippen LogP contribution < -0.4 is 10.5 Å². The van der Waals surface area contributed by atoms with Gasteiger partial charge in [-0.05, 0) is 23.8 Å². The highest BCUT2D eigenvalue weighted by Crippen LogP contribution is 2.35. The van der Waals surface area contributed by atoms with Crippen LogP contribution in [-0.2, 0) is 6.54 Å². The smallest absolute Gasteiger partial charge is 0.311 e. The van der Waals surface area contributed by atoms with Gasteiger partial charge in [0.15, 0.2) is 0 Å². The average Bonchev–Trinajstić information content (AvgIpc) is 2.40. The summed E-state index contributed by atoms with van der Waals surface area (Å²) in [7, 11) is 0. The quantitative estimate of drug-likeness (QED) is 0.690. The summed E-state index contributed by atoms with van der Waals surface area (Å²) in [6.07, 6.45) is 0. The molecule has 0 amide bonds. The first-order chi connectivity index (χ1) is 9.51. The van der Waals surface area contributed by atoms with Crippen molar-refractivity contribution in [2.24, 2.45) is 5.73 Å². The minimum absolute atomic E-state index is 0.192. The minimum atomic E-state index is -0.656. The molecule has 0 aromatic heterocycles. The average molecular weight is 297 g/mol. The van der Waals surface area contributed by atoms with E-state index in [0.717, 1.165) is 23.8 Å². The number of nitrogens with zero attached hydrogens (tertiary/aromatic N) is 1. The van der Waals surface area contributed by atoms with Gasteiger partial charge in [0, 0.05) is 18.7 Å². The molecule has 2 aromatic rings. The van der Waals surface area contributed by atoms with Crippen molar-refractivity contribution < 1.29 is 14.1 Å². The molecule has 0 unspecified atom stereocenters. The topological polar surface area (TPSA) is 78.4 Å². The summed E-state index contributed by atoms with van der Waals surface area (Å²) in [6.45, 7) is 0.306. The van der Waals surface area contributed by atoms with Crippen LogP contribution in [-0.4, -0.2) is 4.92 Å². The number of halogens is 2. The maximum atomic E-state index is 13.2. The van der Waals surface area contributed by atoms with E-state index in [0.29, 0.717) is 6.54 Å². The van der Waals surface area contributed by atoms with Crippen molar-refractivity contribution in [1.82, 2.24) is 0 Å². The third-order valence-corrected chi connectivity index (χ3v) is 2.87. The van der Waals surface area contributed by atoms with Crippen LogP contribution in [0.1, 0.15) is 5.56 Å². The number of nitro benzene ring substituents is 1. The second-order valence-electron chi connectivity index (χ2n) is 3.94. The number of hydrogen-bond donors (Lipinski definition) is 1. The molecule has 0 saturated heterocycles. The molecule has 104 valence electrons. The van der Waals surface area contributed by atoms with Gasteiger partial charge in [0.05, 0.1) is 9.95 Å². The van der Waals surface area contributed by atoms with Crippen LogP contribution in [0.5, 0.6) is 11.5 Å². The Kier molecular flexibility index (Phi) is 4.16. The zero-order chi connectivity index (χ0) is 14.7. The van der Waals surface area contributed by atoms with Gasteiger partial charge in [-0.1, -0.05) is 17.7 Å². The lowest BCUT2D eigenvalue weighted by Crippen LogP contribution is -1.97. The zero-order valence-electron chi connectivity index (χ0n) is 10.2. The number of hydrogen-bond acceptors (Lipinski definition) is 4. The number of rotatable bonds is 4. The van der Waals surface area contributed by atoms with Gasteiger partial charge in [0.1, 0.15) is 11.6 Å². The van der Waals surface area contributed by atoms with E-state index in [4.69, 9.17) is 22.1 Å². The summed E-state index contributed by atoms with van der Waals surface area (Å²) in [5.41, 5.74) is 5.91. The van der Waals surface area contributed by atoms with Crippen molar-refractivity contribution in [1.29, 1.82) is 0 Å². The second-order valence-corrected chi connectivity index (χ2v) is 4.35. The Balaban J connectivity index is 2.39. The van der Waals surface area contributed by atoms with Gasteiger partial charge in [-0.15, -0.1) is 0 Å². The third kappa shape index (κ3) is 3.04. The summed E-state index contributed by atoms with van der Waals surface area (Å²) in [6, 6.07) is 7.75. The molecule has 2 N–H and O–H groups in total. The first kappa shape index (κ1) is 14.2. The highest BCUT2D eigenvalue weighted by molar-refractivity contribution is 6.32. The molecule has 0 aliphatic carbocycles. The van der Waals surface area contributed by atoms with Crippen LogP contribution in [0.25, 0.3) is 0 Å². The fourth-order valence-electron chi connectivity index (χ4n) is 1.59. The van der Waals surface area contributed by atoms with Crippen molar-refractivity contribution in [3.8, 4) is 11.5 Å². The van der Waals surface area contributed by atoms with E-state index in [1.54, 1.807) is 12.1 Å². The summed E-state index contributed by atoms with van der Waals surface area (Å²) >= 11 is 5.99. The number of nitrogens with two attached hydrogens (primary N) is 1. The summed E-state index contributed by atoms with van der Waals surface area (Å²) in [5.74, 6) is -0.657. The maximum Gasteiger partial charge on any atom is 0.311 e.